The molecular weight excluding hydrogens is 386 g/mol. The molecule has 1 N–H and O–H groups in total. The van der Waals surface area contributed by atoms with Crippen LogP contribution in [0.1, 0.15) is 51.0 Å². The number of aromatic nitrogens is 2. The maximum absolute atomic E-state index is 5.99. The van der Waals surface area contributed by atoms with E-state index in [0.29, 0.717) is 18.7 Å². The topological polar surface area (TPSA) is 53.5 Å². The van der Waals surface area contributed by atoms with Gasteiger partial charge < -0.3 is 15.0 Å². The summed E-state index contributed by atoms with van der Waals surface area (Å²) in [7, 11) is 0. The first-order chi connectivity index (χ1) is 15.3. The molecule has 2 saturated heterocycles. The molecule has 0 aliphatic carbocycles. The number of ether oxygens (including phenoxy) is 1. The molecule has 0 spiro atoms. The van der Waals surface area contributed by atoms with Gasteiger partial charge in [0, 0.05) is 37.9 Å². The smallest absolute Gasteiger partial charge is 0.224 e. The summed E-state index contributed by atoms with van der Waals surface area (Å²) in [6, 6.07) is 13.2. The summed E-state index contributed by atoms with van der Waals surface area (Å²) in [6.07, 6.45) is 9.42. The quantitative estimate of drug-likeness (QED) is 0.682. The van der Waals surface area contributed by atoms with Crippen LogP contribution in [0.2, 0.25) is 0 Å². The third-order valence-electron chi connectivity index (χ3n) is 6.45. The first-order valence-electron chi connectivity index (χ1n) is 12.0. The van der Waals surface area contributed by atoms with Gasteiger partial charge in [0.25, 0.3) is 0 Å². The monoisotopic (exact) mass is 423 g/mol. The number of benzene rings is 1. The highest BCUT2D eigenvalue weighted by Crippen LogP contribution is 2.20. The fraction of sp³-hybridized carbons (Fsp3) is 0.600. The van der Waals surface area contributed by atoms with Crippen LogP contribution in [0.4, 0.5) is 11.8 Å². The highest BCUT2D eigenvalue weighted by atomic mass is 16.5. The van der Waals surface area contributed by atoms with Gasteiger partial charge in [0.1, 0.15) is 5.82 Å². The van der Waals surface area contributed by atoms with Crippen LogP contribution in [0, 0.1) is 0 Å². The second-order valence-corrected chi connectivity index (χ2v) is 8.97. The van der Waals surface area contributed by atoms with Gasteiger partial charge in [-0.3, -0.25) is 4.90 Å². The van der Waals surface area contributed by atoms with Crippen LogP contribution < -0.4 is 10.2 Å². The molecule has 2 unspecified atom stereocenters. The van der Waals surface area contributed by atoms with Gasteiger partial charge >= 0.3 is 0 Å². The summed E-state index contributed by atoms with van der Waals surface area (Å²) in [4.78, 5) is 14.3. The second-order valence-electron chi connectivity index (χ2n) is 8.97. The molecule has 2 atom stereocenters. The van der Waals surface area contributed by atoms with Crippen LogP contribution in [-0.4, -0.2) is 59.7 Å². The Morgan fingerprint density at radius 3 is 2.65 bits per heavy atom. The maximum atomic E-state index is 5.99. The first kappa shape index (κ1) is 22.0. The molecule has 1 aromatic heterocycles. The van der Waals surface area contributed by atoms with Crippen molar-refractivity contribution >= 4 is 11.8 Å². The Kier molecular flexibility index (Phi) is 8.13. The Hall–Kier alpha value is -2.18. The number of nitrogens with one attached hydrogen (secondary N) is 1. The van der Waals surface area contributed by atoms with E-state index in [1.807, 2.05) is 12.3 Å². The molecule has 2 fully saturated rings. The van der Waals surface area contributed by atoms with E-state index >= 15 is 0 Å². The number of anilines is 2. The van der Waals surface area contributed by atoms with Crippen LogP contribution in [-0.2, 0) is 11.3 Å². The van der Waals surface area contributed by atoms with Crippen molar-refractivity contribution in [3.63, 3.8) is 0 Å². The molecule has 2 aliphatic rings. The molecule has 4 rings (SSSR count). The van der Waals surface area contributed by atoms with E-state index in [2.05, 4.69) is 57.4 Å². The largest absolute Gasteiger partial charge is 0.375 e. The molecule has 6 heteroatoms. The third kappa shape index (κ3) is 6.65. The Labute approximate surface area is 187 Å². The molecule has 2 aliphatic heterocycles. The maximum Gasteiger partial charge on any atom is 0.224 e. The van der Waals surface area contributed by atoms with Crippen molar-refractivity contribution in [2.75, 3.05) is 43.0 Å². The normalized spacial score (nSPS) is 21.5. The number of nitrogens with zero attached hydrogens (tertiary/aromatic N) is 4. The van der Waals surface area contributed by atoms with E-state index in [1.54, 1.807) is 0 Å². The van der Waals surface area contributed by atoms with Crippen LogP contribution >= 0.6 is 0 Å². The van der Waals surface area contributed by atoms with Gasteiger partial charge in [0.15, 0.2) is 0 Å². The summed E-state index contributed by atoms with van der Waals surface area (Å²) >= 11 is 0. The zero-order valence-electron chi connectivity index (χ0n) is 18.9. The average molecular weight is 424 g/mol. The predicted octanol–water partition coefficient (Wildman–Crippen LogP) is 4.34. The number of rotatable bonds is 8. The van der Waals surface area contributed by atoms with Gasteiger partial charge in [0.2, 0.25) is 5.95 Å². The van der Waals surface area contributed by atoms with E-state index in [-0.39, 0.29) is 0 Å². The van der Waals surface area contributed by atoms with Crippen molar-refractivity contribution in [3.05, 3.63) is 48.2 Å². The second kappa shape index (κ2) is 11.4. The van der Waals surface area contributed by atoms with Crippen molar-refractivity contribution < 1.29 is 4.74 Å². The zero-order valence-corrected chi connectivity index (χ0v) is 18.9. The first-order valence-corrected chi connectivity index (χ1v) is 12.0. The lowest BCUT2D eigenvalue weighted by molar-refractivity contribution is 0.0471. The zero-order chi connectivity index (χ0) is 21.3. The minimum Gasteiger partial charge on any atom is -0.375 e. The van der Waals surface area contributed by atoms with Crippen molar-refractivity contribution in [2.45, 2.75) is 64.1 Å². The van der Waals surface area contributed by atoms with Gasteiger partial charge in [-0.2, -0.15) is 4.98 Å². The van der Waals surface area contributed by atoms with Crippen LogP contribution in [0.25, 0.3) is 0 Å². The lowest BCUT2D eigenvalue weighted by Crippen LogP contribution is -2.47. The lowest BCUT2D eigenvalue weighted by Gasteiger charge is -2.37. The molecule has 2 aromatic rings. The molecule has 3 heterocycles. The molecule has 1 aromatic carbocycles. The summed E-state index contributed by atoms with van der Waals surface area (Å²) < 4.78 is 5.99. The van der Waals surface area contributed by atoms with Gasteiger partial charge in [-0.1, -0.05) is 43.2 Å². The van der Waals surface area contributed by atoms with E-state index < -0.39 is 0 Å². The third-order valence-corrected chi connectivity index (χ3v) is 6.45. The minimum atomic E-state index is 0.379. The number of hydrogen-bond acceptors (Lipinski definition) is 6. The molecule has 6 nitrogen and oxygen atoms in total. The van der Waals surface area contributed by atoms with Crippen LogP contribution in [0.3, 0.4) is 0 Å². The lowest BCUT2D eigenvalue weighted by atomic mass is 10.0. The number of likely N-dealkylation sites (tertiary alicyclic amines) is 1. The standard InChI is InChI=1S/C25H37N5O/c1-21(19-31-20-22-10-5-4-6-11-22)30-17-9-12-23(18-30)27-25-26-14-13-24(28-25)29-15-7-2-3-8-16-29/h4-6,10-11,13-14,21,23H,2-3,7-9,12,15-20H2,1H3,(H,26,27,28). The molecule has 0 amide bonds. The Balaban J connectivity index is 1.27. The van der Waals surface area contributed by atoms with Crippen LogP contribution in [0.15, 0.2) is 42.6 Å². The highest BCUT2D eigenvalue weighted by molar-refractivity contribution is 5.43. The van der Waals surface area contributed by atoms with Crippen molar-refractivity contribution in [1.82, 2.24) is 14.9 Å². The highest BCUT2D eigenvalue weighted by Gasteiger charge is 2.24. The molecule has 31 heavy (non-hydrogen) atoms. The van der Waals surface area contributed by atoms with E-state index in [9.17, 15) is 0 Å². The Bertz CT molecular complexity index is 778. The summed E-state index contributed by atoms with van der Waals surface area (Å²) in [5, 5.41) is 3.61. The minimum absolute atomic E-state index is 0.379. The number of hydrogen-bond donors (Lipinski definition) is 1. The molecule has 168 valence electrons. The Morgan fingerprint density at radius 1 is 1.03 bits per heavy atom. The Morgan fingerprint density at radius 2 is 1.84 bits per heavy atom. The summed E-state index contributed by atoms with van der Waals surface area (Å²) in [6.45, 7) is 8.04. The molecular formula is C25H37N5O. The van der Waals surface area contributed by atoms with Crippen molar-refractivity contribution in [1.29, 1.82) is 0 Å². The van der Waals surface area contributed by atoms with Crippen molar-refractivity contribution in [3.8, 4) is 0 Å². The van der Waals surface area contributed by atoms with Crippen molar-refractivity contribution in [2.24, 2.45) is 0 Å². The molecule has 0 saturated carbocycles. The molecule has 0 bridgehead atoms. The van der Waals surface area contributed by atoms with Crippen LogP contribution in [0.5, 0.6) is 0 Å². The SMILES string of the molecule is CC(COCc1ccccc1)N1CCCC(Nc2nccc(N3CCCCCC3)n2)C1. The average Bonchev–Trinajstić information content (AvgIpc) is 3.10. The van der Waals surface area contributed by atoms with E-state index in [0.717, 1.165) is 51.0 Å². The van der Waals surface area contributed by atoms with E-state index in [4.69, 9.17) is 9.72 Å². The van der Waals surface area contributed by atoms with Gasteiger partial charge in [0.05, 0.1) is 13.2 Å². The summed E-state index contributed by atoms with van der Waals surface area (Å²) in [5.41, 5.74) is 1.23. The summed E-state index contributed by atoms with van der Waals surface area (Å²) in [5.74, 6) is 1.83. The fourth-order valence-electron chi connectivity index (χ4n) is 4.63. The number of piperidine rings is 1. The van der Waals surface area contributed by atoms with Gasteiger partial charge in [-0.05, 0) is 50.8 Å². The molecule has 0 radical (unpaired) electrons. The predicted molar refractivity (Wildman–Crippen MR) is 126 cm³/mol. The van der Waals surface area contributed by atoms with E-state index in [1.165, 1.54) is 37.7 Å². The van der Waals surface area contributed by atoms with Gasteiger partial charge in [-0.15, -0.1) is 0 Å². The van der Waals surface area contributed by atoms with Gasteiger partial charge in [-0.25, -0.2) is 4.98 Å². The fourth-order valence-corrected chi connectivity index (χ4v) is 4.63.